The first-order valence-electron chi connectivity index (χ1n) is 5.08. The summed E-state index contributed by atoms with van der Waals surface area (Å²) in [4.78, 5) is 19.9. The van der Waals surface area contributed by atoms with E-state index in [9.17, 15) is 25.3 Å². The van der Waals surface area contributed by atoms with E-state index in [2.05, 4.69) is 0 Å². The van der Waals surface area contributed by atoms with Gasteiger partial charge in [-0.1, -0.05) is 13.3 Å². The monoisotopic (exact) mass is 240 g/mol. The van der Waals surface area contributed by atoms with Gasteiger partial charge >= 0.3 is 0 Å². The molecule has 0 bridgehead atoms. The maximum absolute atomic E-state index is 10.8. The van der Waals surface area contributed by atoms with Gasteiger partial charge in [0, 0.05) is 6.07 Å². The Balaban J connectivity index is 3.22. The second-order valence-corrected chi connectivity index (χ2v) is 3.56. The molecule has 0 saturated carbocycles. The molecule has 1 aromatic rings. The summed E-state index contributed by atoms with van der Waals surface area (Å²) in [6.45, 7) is 1.83. The zero-order valence-corrected chi connectivity index (χ0v) is 9.20. The maximum Gasteiger partial charge on any atom is 0.282 e. The van der Waals surface area contributed by atoms with Gasteiger partial charge in [-0.05, 0) is 12.5 Å². The molecule has 0 amide bonds. The van der Waals surface area contributed by atoms with Crippen molar-refractivity contribution in [2.45, 2.75) is 25.9 Å². The van der Waals surface area contributed by atoms with Gasteiger partial charge in [-0.25, -0.2) is 0 Å². The molecule has 92 valence electrons. The van der Waals surface area contributed by atoms with Gasteiger partial charge in [-0.3, -0.25) is 20.2 Å². The fraction of sp³-hybridized carbons (Fsp3) is 0.400. The Kier molecular flexibility index (Phi) is 4.11. The van der Waals surface area contributed by atoms with Crippen LogP contribution >= 0.6 is 0 Å². The smallest absolute Gasteiger partial charge is 0.282 e. The molecule has 0 aromatic heterocycles. The van der Waals surface area contributed by atoms with Crippen molar-refractivity contribution in [3.63, 3.8) is 0 Å². The van der Waals surface area contributed by atoms with Crippen LogP contribution in [0.5, 0.6) is 0 Å². The van der Waals surface area contributed by atoms with E-state index in [4.69, 9.17) is 0 Å². The van der Waals surface area contributed by atoms with Crippen LogP contribution in [-0.2, 0) is 0 Å². The van der Waals surface area contributed by atoms with Gasteiger partial charge in [0.15, 0.2) is 0 Å². The lowest BCUT2D eigenvalue weighted by molar-refractivity contribution is -0.394. The number of hydrogen-bond acceptors (Lipinski definition) is 5. The fourth-order valence-corrected chi connectivity index (χ4v) is 1.51. The van der Waals surface area contributed by atoms with E-state index < -0.39 is 21.6 Å². The van der Waals surface area contributed by atoms with Crippen molar-refractivity contribution in [2.75, 3.05) is 0 Å². The first kappa shape index (κ1) is 13.0. The van der Waals surface area contributed by atoms with Gasteiger partial charge in [0.1, 0.15) is 0 Å². The molecule has 1 atom stereocenters. The van der Waals surface area contributed by atoms with Crippen LogP contribution in [-0.4, -0.2) is 15.0 Å². The molecule has 1 unspecified atom stereocenters. The van der Waals surface area contributed by atoms with Crippen molar-refractivity contribution in [2.24, 2.45) is 0 Å². The number of nitrogens with zero attached hydrogens (tertiary/aromatic N) is 2. The molecule has 0 aliphatic rings. The second-order valence-electron chi connectivity index (χ2n) is 3.56. The minimum atomic E-state index is -0.971. The average Bonchev–Trinajstić information content (AvgIpc) is 2.28. The van der Waals surface area contributed by atoms with Crippen LogP contribution in [0, 0.1) is 20.2 Å². The molecule has 0 radical (unpaired) electrons. The third-order valence-electron chi connectivity index (χ3n) is 2.34. The Morgan fingerprint density at radius 3 is 2.41 bits per heavy atom. The summed E-state index contributed by atoms with van der Waals surface area (Å²) in [7, 11) is 0. The summed E-state index contributed by atoms with van der Waals surface area (Å²) in [5.41, 5.74) is -0.660. The third-order valence-corrected chi connectivity index (χ3v) is 2.34. The van der Waals surface area contributed by atoms with Gasteiger partial charge in [0.2, 0.25) is 0 Å². The third kappa shape index (κ3) is 2.97. The molecule has 0 aliphatic heterocycles. The van der Waals surface area contributed by atoms with Gasteiger partial charge in [-0.2, -0.15) is 0 Å². The summed E-state index contributed by atoms with van der Waals surface area (Å²) in [5, 5.41) is 31.0. The lowest BCUT2D eigenvalue weighted by Crippen LogP contribution is -2.03. The Morgan fingerprint density at radius 1 is 1.29 bits per heavy atom. The molecule has 0 saturated heterocycles. The van der Waals surface area contributed by atoms with Crippen molar-refractivity contribution in [1.29, 1.82) is 0 Å². The molecular weight excluding hydrogens is 228 g/mol. The SMILES string of the molecule is CCCC(O)c1ccc([N+](=O)[O-])cc1[N+](=O)[O-]. The Labute approximate surface area is 97.0 Å². The van der Waals surface area contributed by atoms with Gasteiger partial charge in [-0.15, -0.1) is 0 Å². The number of aliphatic hydroxyl groups excluding tert-OH is 1. The number of nitro benzene ring substituents is 2. The van der Waals surface area contributed by atoms with Gasteiger partial charge in [0.25, 0.3) is 11.4 Å². The van der Waals surface area contributed by atoms with Crippen molar-refractivity contribution < 1.29 is 15.0 Å². The first-order valence-corrected chi connectivity index (χ1v) is 5.08. The second kappa shape index (κ2) is 5.35. The Hall–Kier alpha value is -2.02. The van der Waals surface area contributed by atoms with Crippen LogP contribution in [0.1, 0.15) is 31.4 Å². The van der Waals surface area contributed by atoms with E-state index in [0.29, 0.717) is 12.8 Å². The number of hydrogen-bond donors (Lipinski definition) is 1. The summed E-state index contributed by atoms with van der Waals surface area (Å²) >= 11 is 0. The molecule has 0 heterocycles. The molecule has 1 rings (SSSR count). The number of rotatable bonds is 5. The van der Waals surface area contributed by atoms with Crippen molar-refractivity contribution in [1.82, 2.24) is 0 Å². The average molecular weight is 240 g/mol. The molecule has 7 heteroatoms. The first-order chi connectivity index (χ1) is 7.97. The predicted octanol–water partition coefficient (Wildman–Crippen LogP) is 2.34. The van der Waals surface area contributed by atoms with Crippen molar-refractivity contribution in [3.8, 4) is 0 Å². The Morgan fingerprint density at radius 2 is 1.94 bits per heavy atom. The molecule has 1 aromatic carbocycles. The minimum absolute atomic E-state index is 0.113. The van der Waals surface area contributed by atoms with E-state index in [1.54, 1.807) is 0 Å². The summed E-state index contributed by atoms with van der Waals surface area (Å²) in [6.07, 6.45) is 0.0646. The topological polar surface area (TPSA) is 107 Å². The zero-order valence-electron chi connectivity index (χ0n) is 9.20. The lowest BCUT2D eigenvalue weighted by atomic mass is 10.0. The molecule has 1 N–H and O–H groups in total. The minimum Gasteiger partial charge on any atom is -0.388 e. The molecule has 0 fully saturated rings. The normalized spacial score (nSPS) is 12.1. The van der Waals surface area contributed by atoms with Crippen LogP contribution in [0.25, 0.3) is 0 Å². The van der Waals surface area contributed by atoms with E-state index in [-0.39, 0.29) is 11.3 Å². The predicted molar refractivity (Wildman–Crippen MR) is 59.6 cm³/mol. The van der Waals surface area contributed by atoms with Crippen LogP contribution in [0.4, 0.5) is 11.4 Å². The highest BCUT2D eigenvalue weighted by molar-refractivity contribution is 5.50. The highest BCUT2D eigenvalue weighted by atomic mass is 16.6. The van der Waals surface area contributed by atoms with E-state index in [1.807, 2.05) is 6.92 Å². The zero-order chi connectivity index (χ0) is 13.0. The highest BCUT2D eigenvalue weighted by Crippen LogP contribution is 2.31. The largest absolute Gasteiger partial charge is 0.388 e. The van der Waals surface area contributed by atoms with Crippen LogP contribution in [0.15, 0.2) is 18.2 Å². The van der Waals surface area contributed by atoms with Crippen molar-refractivity contribution >= 4 is 11.4 Å². The van der Waals surface area contributed by atoms with Gasteiger partial charge in [0.05, 0.1) is 27.6 Å². The highest BCUT2D eigenvalue weighted by Gasteiger charge is 2.23. The van der Waals surface area contributed by atoms with E-state index in [1.165, 1.54) is 6.07 Å². The quantitative estimate of drug-likeness (QED) is 0.627. The van der Waals surface area contributed by atoms with Crippen LogP contribution in [0.3, 0.4) is 0 Å². The fourth-order valence-electron chi connectivity index (χ4n) is 1.51. The molecular formula is C10H12N2O5. The molecule has 7 nitrogen and oxygen atoms in total. The van der Waals surface area contributed by atoms with Gasteiger partial charge < -0.3 is 5.11 Å². The van der Waals surface area contributed by atoms with Crippen molar-refractivity contribution in [3.05, 3.63) is 44.0 Å². The van der Waals surface area contributed by atoms with Crippen LogP contribution < -0.4 is 0 Å². The number of non-ortho nitro benzene ring substituents is 1. The standard InChI is InChI=1S/C10H12N2O5/c1-2-3-10(13)8-5-4-7(11(14)15)6-9(8)12(16)17/h4-6,10,13H,2-3H2,1H3. The Bertz CT molecular complexity index is 446. The maximum atomic E-state index is 10.8. The lowest BCUT2D eigenvalue weighted by Gasteiger charge is -2.09. The molecule has 17 heavy (non-hydrogen) atoms. The number of nitro groups is 2. The summed E-state index contributed by atoms with van der Waals surface area (Å²) < 4.78 is 0. The number of aliphatic hydroxyl groups is 1. The summed E-state index contributed by atoms with van der Waals surface area (Å²) in [6, 6.07) is 3.26. The van der Waals surface area contributed by atoms with E-state index >= 15 is 0 Å². The van der Waals surface area contributed by atoms with Crippen LogP contribution in [0.2, 0.25) is 0 Å². The number of benzene rings is 1. The molecule has 0 aliphatic carbocycles. The van der Waals surface area contributed by atoms with E-state index in [0.717, 1.165) is 12.1 Å². The molecule has 0 spiro atoms. The summed E-state index contributed by atoms with van der Waals surface area (Å²) in [5.74, 6) is 0.